The largest absolute Gasteiger partial charge is 0.379 e. The van der Waals surface area contributed by atoms with Crippen molar-refractivity contribution < 1.29 is 4.79 Å². The summed E-state index contributed by atoms with van der Waals surface area (Å²) in [6.45, 7) is 2.61. The van der Waals surface area contributed by atoms with Crippen molar-refractivity contribution in [3.05, 3.63) is 65.7 Å². The number of hydrogen-bond donors (Lipinski definition) is 2. The van der Waals surface area contributed by atoms with Gasteiger partial charge in [-0.25, -0.2) is 0 Å². The fraction of sp³-hybridized carbons (Fsp3) is 0.222. The highest BCUT2D eigenvalue weighted by molar-refractivity contribution is 8.13. The summed E-state index contributed by atoms with van der Waals surface area (Å²) >= 11 is 1.27. The van der Waals surface area contributed by atoms with Gasteiger partial charge in [0.05, 0.1) is 6.42 Å². The summed E-state index contributed by atoms with van der Waals surface area (Å²) in [5.41, 5.74) is 8.35. The minimum absolute atomic E-state index is 0.0685. The Morgan fingerprint density at radius 1 is 1.09 bits per heavy atom. The summed E-state index contributed by atoms with van der Waals surface area (Å²) in [4.78, 5) is 14.5. The Labute approximate surface area is 141 Å². The summed E-state index contributed by atoms with van der Waals surface area (Å²) in [6, 6.07) is 17.5. The molecule has 120 valence electrons. The van der Waals surface area contributed by atoms with Crippen molar-refractivity contribution in [2.75, 3.05) is 11.4 Å². The van der Waals surface area contributed by atoms with Gasteiger partial charge in [0, 0.05) is 18.0 Å². The SMILES string of the molecule is CCN(C(=O)Cc1ccccc1CSC(=N)N)c1ccccc1. The van der Waals surface area contributed by atoms with Crippen LogP contribution in [0.15, 0.2) is 54.6 Å². The van der Waals surface area contributed by atoms with E-state index >= 15 is 0 Å². The first-order valence-electron chi connectivity index (χ1n) is 7.50. The van der Waals surface area contributed by atoms with E-state index in [0.717, 1.165) is 16.8 Å². The van der Waals surface area contributed by atoms with Crippen LogP contribution in [0.4, 0.5) is 5.69 Å². The molecule has 2 aromatic rings. The monoisotopic (exact) mass is 327 g/mol. The van der Waals surface area contributed by atoms with E-state index < -0.39 is 0 Å². The molecule has 0 atom stereocenters. The number of hydrogen-bond acceptors (Lipinski definition) is 3. The van der Waals surface area contributed by atoms with E-state index in [9.17, 15) is 4.79 Å². The number of para-hydroxylation sites is 1. The molecule has 4 nitrogen and oxygen atoms in total. The number of thioether (sulfide) groups is 1. The maximum Gasteiger partial charge on any atom is 0.231 e. The van der Waals surface area contributed by atoms with Gasteiger partial charge in [0.1, 0.15) is 0 Å². The molecule has 0 radical (unpaired) electrons. The molecule has 1 amide bonds. The number of amidine groups is 1. The van der Waals surface area contributed by atoms with E-state index in [-0.39, 0.29) is 11.1 Å². The Morgan fingerprint density at radius 3 is 2.30 bits per heavy atom. The summed E-state index contributed by atoms with van der Waals surface area (Å²) < 4.78 is 0. The molecule has 2 rings (SSSR count). The van der Waals surface area contributed by atoms with Gasteiger partial charge in [-0.3, -0.25) is 10.2 Å². The standard InChI is InChI=1S/C18H21N3OS/c1-2-21(16-10-4-3-5-11-16)17(22)12-14-8-6-7-9-15(14)13-23-18(19)20/h3-11H,2,12-13H2,1H3,(H3,19,20). The van der Waals surface area contributed by atoms with Crippen molar-refractivity contribution >= 4 is 28.5 Å². The molecule has 0 heterocycles. The second kappa shape index (κ2) is 8.39. The highest BCUT2D eigenvalue weighted by Crippen LogP contribution is 2.19. The fourth-order valence-corrected chi connectivity index (χ4v) is 2.99. The Balaban J connectivity index is 2.14. The van der Waals surface area contributed by atoms with Crippen molar-refractivity contribution in [2.24, 2.45) is 5.73 Å². The summed E-state index contributed by atoms with van der Waals surface area (Å²) in [6.07, 6.45) is 0.345. The van der Waals surface area contributed by atoms with Gasteiger partial charge in [0.25, 0.3) is 0 Å². The Morgan fingerprint density at radius 2 is 1.70 bits per heavy atom. The lowest BCUT2D eigenvalue weighted by atomic mass is 10.0. The van der Waals surface area contributed by atoms with Gasteiger partial charge in [-0.15, -0.1) is 0 Å². The highest BCUT2D eigenvalue weighted by atomic mass is 32.2. The zero-order chi connectivity index (χ0) is 16.7. The van der Waals surface area contributed by atoms with Crippen molar-refractivity contribution in [2.45, 2.75) is 19.1 Å². The second-order valence-electron chi connectivity index (χ2n) is 5.07. The van der Waals surface area contributed by atoms with Crippen LogP contribution in [0.1, 0.15) is 18.1 Å². The van der Waals surface area contributed by atoms with Crippen molar-refractivity contribution in [1.82, 2.24) is 0 Å². The third-order valence-corrected chi connectivity index (χ3v) is 4.29. The van der Waals surface area contributed by atoms with Crippen molar-refractivity contribution in [3.8, 4) is 0 Å². The molecule has 2 aromatic carbocycles. The van der Waals surface area contributed by atoms with Gasteiger partial charge in [0.15, 0.2) is 5.17 Å². The minimum Gasteiger partial charge on any atom is -0.379 e. The van der Waals surface area contributed by atoms with Gasteiger partial charge in [-0.1, -0.05) is 54.2 Å². The van der Waals surface area contributed by atoms with Gasteiger partial charge in [0.2, 0.25) is 5.91 Å². The molecule has 0 bridgehead atoms. The van der Waals surface area contributed by atoms with E-state index in [0.29, 0.717) is 18.7 Å². The van der Waals surface area contributed by atoms with E-state index in [1.54, 1.807) is 4.90 Å². The third-order valence-electron chi connectivity index (χ3n) is 3.53. The van der Waals surface area contributed by atoms with Crippen LogP contribution < -0.4 is 10.6 Å². The number of rotatable bonds is 6. The Bertz CT molecular complexity index is 673. The van der Waals surface area contributed by atoms with Crippen LogP contribution in [0.3, 0.4) is 0 Å². The first-order valence-corrected chi connectivity index (χ1v) is 8.49. The zero-order valence-corrected chi connectivity index (χ0v) is 14.0. The molecule has 0 unspecified atom stereocenters. The summed E-state index contributed by atoms with van der Waals surface area (Å²) in [7, 11) is 0. The van der Waals surface area contributed by atoms with Crippen LogP contribution in [0.25, 0.3) is 0 Å². The van der Waals surface area contributed by atoms with Crippen LogP contribution in [0.5, 0.6) is 0 Å². The van der Waals surface area contributed by atoms with Crippen molar-refractivity contribution in [1.29, 1.82) is 5.41 Å². The molecule has 23 heavy (non-hydrogen) atoms. The normalized spacial score (nSPS) is 10.3. The molecule has 5 heteroatoms. The molecule has 0 aliphatic heterocycles. The zero-order valence-electron chi connectivity index (χ0n) is 13.2. The average molecular weight is 327 g/mol. The third kappa shape index (κ3) is 4.86. The molecule has 0 saturated heterocycles. The molecule has 0 saturated carbocycles. The minimum atomic E-state index is 0.0685. The second-order valence-corrected chi connectivity index (χ2v) is 6.09. The molecular weight excluding hydrogens is 306 g/mol. The van der Waals surface area contributed by atoms with Gasteiger partial charge in [-0.05, 0) is 30.2 Å². The lowest BCUT2D eigenvalue weighted by Crippen LogP contribution is -2.32. The van der Waals surface area contributed by atoms with Gasteiger partial charge >= 0.3 is 0 Å². The Hall–Kier alpha value is -2.27. The fourth-order valence-electron chi connectivity index (χ4n) is 2.40. The Kier molecular flexibility index (Phi) is 6.23. The number of anilines is 1. The van der Waals surface area contributed by atoms with Crippen LogP contribution >= 0.6 is 11.8 Å². The number of likely N-dealkylation sites (N-methyl/N-ethyl adjacent to an activating group) is 1. The number of nitrogens with two attached hydrogens (primary N) is 1. The predicted molar refractivity (Wildman–Crippen MR) is 97.8 cm³/mol. The maximum absolute atomic E-state index is 12.7. The number of carbonyl (C=O) groups excluding carboxylic acids is 1. The maximum atomic E-state index is 12.7. The van der Waals surface area contributed by atoms with Crippen LogP contribution in [0.2, 0.25) is 0 Å². The van der Waals surface area contributed by atoms with E-state index in [2.05, 4.69) is 0 Å². The van der Waals surface area contributed by atoms with Gasteiger partial charge in [-0.2, -0.15) is 0 Å². The van der Waals surface area contributed by atoms with Gasteiger partial charge < -0.3 is 10.6 Å². The average Bonchev–Trinajstić information content (AvgIpc) is 2.55. The van der Waals surface area contributed by atoms with E-state index in [4.69, 9.17) is 11.1 Å². The number of nitrogens with zero attached hydrogens (tertiary/aromatic N) is 1. The molecule has 0 aromatic heterocycles. The number of nitrogens with one attached hydrogen (secondary N) is 1. The van der Waals surface area contributed by atoms with Crippen LogP contribution in [-0.4, -0.2) is 17.6 Å². The number of amides is 1. The van der Waals surface area contributed by atoms with Crippen LogP contribution in [-0.2, 0) is 17.0 Å². The molecule has 0 fully saturated rings. The summed E-state index contributed by atoms with van der Waals surface area (Å²) in [5, 5.41) is 7.42. The predicted octanol–water partition coefficient (Wildman–Crippen LogP) is 3.41. The lowest BCUT2D eigenvalue weighted by molar-refractivity contribution is -0.117. The smallest absolute Gasteiger partial charge is 0.231 e. The number of benzene rings is 2. The quantitative estimate of drug-likeness (QED) is 0.631. The first-order chi connectivity index (χ1) is 11.1. The summed E-state index contributed by atoms with van der Waals surface area (Å²) in [5.74, 6) is 0.676. The molecule has 3 N–H and O–H groups in total. The molecule has 0 spiro atoms. The first kappa shape index (κ1) is 17.1. The topological polar surface area (TPSA) is 70.2 Å². The van der Waals surface area contributed by atoms with E-state index in [1.165, 1.54) is 11.8 Å². The van der Waals surface area contributed by atoms with Crippen molar-refractivity contribution in [3.63, 3.8) is 0 Å². The van der Waals surface area contributed by atoms with Crippen LogP contribution in [0, 0.1) is 5.41 Å². The lowest BCUT2D eigenvalue weighted by Gasteiger charge is -2.21. The molecular formula is C18H21N3OS. The molecule has 0 aliphatic carbocycles. The van der Waals surface area contributed by atoms with E-state index in [1.807, 2.05) is 61.5 Å². The number of carbonyl (C=O) groups is 1. The molecule has 0 aliphatic rings. The highest BCUT2D eigenvalue weighted by Gasteiger charge is 2.15.